The van der Waals surface area contributed by atoms with Crippen molar-refractivity contribution in [1.82, 2.24) is 39.5 Å². The van der Waals surface area contributed by atoms with Crippen molar-refractivity contribution in [1.29, 1.82) is 0 Å². The topological polar surface area (TPSA) is 142 Å². The number of aromatic amines is 2. The number of aromatic nitrogens is 4. The molecule has 3 aromatic carbocycles. The van der Waals surface area contributed by atoms with Crippen LogP contribution in [0.4, 0.5) is 13.6 Å². The molecule has 0 saturated carbocycles. The van der Waals surface area contributed by atoms with Gasteiger partial charge in [0, 0.05) is 31.3 Å². The first-order valence-corrected chi connectivity index (χ1v) is 19.6. The molecule has 57 heavy (non-hydrogen) atoms. The summed E-state index contributed by atoms with van der Waals surface area (Å²) in [4.78, 5) is 61.5. The molecule has 2 aliphatic heterocycles. The van der Waals surface area contributed by atoms with Crippen LogP contribution in [0.2, 0.25) is 0 Å². The minimum absolute atomic E-state index is 0.0632. The van der Waals surface area contributed by atoms with Crippen molar-refractivity contribution in [2.45, 2.75) is 70.6 Å². The highest BCUT2D eigenvalue weighted by Gasteiger charge is 2.39. The van der Waals surface area contributed by atoms with E-state index >= 15 is 8.78 Å². The van der Waals surface area contributed by atoms with Gasteiger partial charge in [0.1, 0.15) is 29.3 Å². The Kier molecular flexibility index (Phi) is 11.5. The third kappa shape index (κ3) is 7.78. The number of likely N-dealkylation sites (N-methyl/N-ethyl adjacent to an activating group) is 2. The predicted molar refractivity (Wildman–Crippen MR) is 212 cm³/mol. The molecule has 12 nitrogen and oxygen atoms in total. The first-order chi connectivity index (χ1) is 27.5. The van der Waals surface area contributed by atoms with Crippen LogP contribution in [0.15, 0.2) is 79.1 Å². The van der Waals surface area contributed by atoms with Gasteiger partial charge in [0.05, 0.1) is 41.9 Å². The average Bonchev–Trinajstić information content (AvgIpc) is 4.05. The summed E-state index contributed by atoms with van der Waals surface area (Å²) in [5.74, 6) is -0.234. The maximum Gasteiger partial charge on any atom is 0.407 e. The number of hydrogen-bond acceptors (Lipinski definition) is 6. The summed E-state index contributed by atoms with van der Waals surface area (Å²) in [7, 11) is 1.38. The van der Waals surface area contributed by atoms with Crippen molar-refractivity contribution >= 4 is 17.9 Å². The zero-order chi connectivity index (χ0) is 40.4. The van der Waals surface area contributed by atoms with Gasteiger partial charge in [-0.05, 0) is 86.7 Å². The van der Waals surface area contributed by atoms with E-state index in [9.17, 15) is 19.5 Å². The standard InChI is InChI=1S/C43H48F2N8O4/c1-5-51(6-2)26(3)41(54)52-20-10-14-36(52)39-46-24-34(48-39)30-18-16-28(22-32(30)44)29-17-19-31(33(45)23-29)35-25-47-40(49-35)37-15-11-21-53(37)42(55)38(50(4)43(56)57)27-12-8-7-9-13-27/h7-9,12-13,16-19,22-26,36-38H,5-6,10-11,14-15,20-21H2,1-4H3,(H,46,48)(H,47,49)(H,56,57)/t26-,36+,37+,38-/m1/s1. The second-order valence-electron chi connectivity index (χ2n) is 14.7. The molecule has 4 atom stereocenters. The van der Waals surface area contributed by atoms with Gasteiger partial charge in [0.25, 0.3) is 5.91 Å². The van der Waals surface area contributed by atoms with Crippen molar-refractivity contribution in [3.05, 3.63) is 108 Å². The number of carboxylic acid groups (broad SMARTS) is 1. The quantitative estimate of drug-likeness (QED) is 0.117. The predicted octanol–water partition coefficient (Wildman–Crippen LogP) is 7.82. The number of nitrogens with zero attached hydrogens (tertiary/aromatic N) is 6. The molecular weight excluding hydrogens is 731 g/mol. The monoisotopic (exact) mass is 778 g/mol. The Labute approximate surface area is 330 Å². The Morgan fingerprint density at radius 1 is 0.789 bits per heavy atom. The summed E-state index contributed by atoms with van der Waals surface area (Å²) < 4.78 is 31.5. The van der Waals surface area contributed by atoms with Crippen LogP contribution >= 0.6 is 0 Å². The van der Waals surface area contributed by atoms with Crippen LogP contribution in [0, 0.1) is 11.6 Å². The molecule has 0 bridgehead atoms. The van der Waals surface area contributed by atoms with Gasteiger partial charge in [-0.3, -0.25) is 19.4 Å². The molecule has 0 radical (unpaired) electrons. The Hall–Kier alpha value is -5.89. The highest BCUT2D eigenvalue weighted by atomic mass is 19.1. The lowest BCUT2D eigenvalue weighted by molar-refractivity contribution is -0.138. The number of amides is 3. The average molecular weight is 779 g/mol. The molecule has 298 valence electrons. The number of imidazole rings is 2. The van der Waals surface area contributed by atoms with Crippen LogP contribution < -0.4 is 0 Å². The fourth-order valence-electron chi connectivity index (χ4n) is 8.34. The van der Waals surface area contributed by atoms with Crippen LogP contribution in [0.5, 0.6) is 0 Å². The highest BCUT2D eigenvalue weighted by Crippen LogP contribution is 2.37. The van der Waals surface area contributed by atoms with Crippen molar-refractivity contribution in [2.24, 2.45) is 0 Å². The van der Waals surface area contributed by atoms with Crippen molar-refractivity contribution in [3.63, 3.8) is 0 Å². The Morgan fingerprint density at radius 3 is 1.74 bits per heavy atom. The molecule has 7 rings (SSSR count). The van der Waals surface area contributed by atoms with E-state index in [0.29, 0.717) is 71.2 Å². The van der Waals surface area contributed by atoms with E-state index in [1.165, 1.54) is 25.4 Å². The Balaban J connectivity index is 1.06. The maximum absolute atomic E-state index is 15.8. The number of H-pyrrole nitrogens is 2. The van der Waals surface area contributed by atoms with E-state index in [1.807, 2.05) is 25.7 Å². The summed E-state index contributed by atoms with van der Waals surface area (Å²) in [5, 5.41) is 9.77. The second kappa shape index (κ2) is 16.7. The number of rotatable bonds is 12. The second-order valence-corrected chi connectivity index (χ2v) is 14.7. The van der Waals surface area contributed by atoms with Gasteiger partial charge >= 0.3 is 6.09 Å². The minimum Gasteiger partial charge on any atom is -0.465 e. The Bertz CT molecular complexity index is 2240. The van der Waals surface area contributed by atoms with Crippen LogP contribution in [0.1, 0.15) is 81.8 Å². The van der Waals surface area contributed by atoms with Gasteiger partial charge in [-0.2, -0.15) is 0 Å². The lowest BCUT2D eigenvalue weighted by atomic mass is 10.00. The maximum atomic E-state index is 15.8. The van der Waals surface area contributed by atoms with Crippen molar-refractivity contribution < 1.29 is 28.3 Å². The molecule has 0 unspecified atom stereocenters. The highest BCUT2D eigenvalue weighted by molar-refractivity contribution is 5.87. The number of carbonyl (C=O) groups is 3. The normalized spacial score (nSPS) is 17.9. The molecule has 2 aromatic heterocycles. The molecule has 4 heterocycles. The van der Waals surface area contributed by atoms with Gasteiger partial charge in [-0.1, -0.05) is 56.3 Å². The lowest BCUT2D eigenvalue weighted by Gasteiger charge is -2.32. The first-order valence-electron chi connectivity index (χ1n) is 19.6. The summed E-state index contributed by atoms with van der Waals surface area (Å²) in [5.41, 5.74) is 3.02. The lowest BCUT2D eigenvalue weighted by Crippen LogP contribution is -2.46. The van der Waals surface area contributed by atoms with Gasteiger partial charge in [0.15, 0.2) is 0 Å². The van der Waals surface area contributed by atoms with Crippen LogP contribution in [0.25, 0.3) is 33.6 Å². The van der Waals surface area contributed by atoms with Crippen molar-refractivity contribution in [3.8, 4) is 33.6 Å². The number of likely N-dealkylation sites (tertiary alicyclic amines) is 2. The molecule has 2 aliphatic rings. The minimum atomic E-state index is -1.22. The largest absolute Gasteiger partial charge is 0.465 e. The third-order valence-electron chi connectivity index (χ3n) is 11.5. The molecule has 0 aliphatic carbocycles. The zero-order valence-electron chi connectivity index (χ0n) is 32.6. The number of benzene rings is 3. The number of hydrogen-bond donors (Lipinski definition) is 3. The van der Waals surface area contributed by atoms with E-state index in [-0.39, 0.29) is 29.5 Å². The van der Waals surface area contributed by atoms with Gasteiger partial charge in [-0.15, -0.1) is 0 Å². The summed E-state index contributed by atoms with van der Waals surface area (Å²) in [6, 6.07) is 16.2. The summed E-state index contributed by atoms with van der Waals surface area (Å²) in [6.07, 6.45) is 4.82. The smallest absolute Gasteiger partial charge is 0.407 e. The molecular formula is C43H48F2N8O4. The molecule has 14 heteroatoms. The summed E-state index contributed by atoms with van der Waals surface area (Å²) in [6.45, 7) is 8.65. The van der Waals surface area contributed by atoms with Crippen LogP contribution in [-0.2, 0) is 9.59 Å². The van der Waals surface area contributed by atoms with E-state index in [1.54, 1.807) is 65.7 Å². The summed E-state index contributed by atoms with van der Waals surface area (Å²) >= 11 is 0. The van der Waals surface area contributed by atoms with E-state index in [4.69, 9.17) is 0 Å². The molecule has 3 N–H and O–H groups in total. The van der Waals surface area contributed by atoms with E-state index in [2.05, 4.69) is 24.8 Å². The number of nitrogens with one attached hydrogen (secondary N) is 2. The number of carbonyl (C=O) groups excluding carboxylic acids is 2. The SMILES string of the molecule is CCN(CC)[C@H](C)C(=O)N1CCC[C@H]1c1ncc(-c2ccc(-c3ccc(-c4cnc([C@@H]5CCCN5C(=O)[C@@H](c5ccccc5)N(C)C(=O)O)[nH]4)c(F)c3)cc2F)[nH]1. The molecule has 5 aromatic rings. The fourth-order valence-corrected chi connectivity index (χ4v) is 8.34. The Morgan fingerprint density at radius 2 is 1.28 bits per heavy atom. The molecule has 0 spiro atoms. The molecule has 3 amide bonds. The van der Waals surface area contributed by atoms with Gasteiger partial charge in [0.2, 0.25) is 5.91 Å². The third-order valence-corrected chi connectivity index (χ3v) is 11.5. The zero-order valence-corrected chi connectivity index (χ0v) is 32.6. The fraction of sp³-hybridized carbons (Fsp3) is 0.372. The van der Waals surface area contributed by atoms with E-state index < -0.39 is 29.8 Å². The molecule has 2 saturated heterocycles. The first kappa shape index (κ1) is 39.3. The number of halogens is 2. The van der Waals surface area contributed by atoms with Crippen molar-refractivity contribution in [2.75, 3.05) is 33.2 Å². The van der Waals surface area contributed by atoms with Gasteiger partial charge < -0.3 is 24.9 Å². The van der Waals surface area contributed by atoms with E-state index in [0.717, 1.165) is 30.8 Å². The molecule has 2 fully saturated rings. The van der Waals surface area contributed by atoms with Crippen LogP contribution in [-0.4, -0.2) is 102 Å². The van der Waals surface area contributed by atoms with Crippen LogP contribution in [0.3, 0.4) is 0 Å². The van der Waals surface area contributed by atoms with Gasteiger partial charge in [-0.25, -0.2) is 23.5 Å².